The van der Waals surface area contributed by atoms with Crippen LogP contribution in [0.4, 0.5) is 0 Å². The van der Waals surface area contributed by atoms with Crippen molar-refractivity contribution in [3.8, 4) is 0 Å². The van der Waals surface area contributed by atoms with Crippen molar-refractivity contribution >= 4 is 16.9 Å². The fraction of sp³-hybridized carbons (Fsp3) is 0.571. The topological polar surface area (TPSA) is 65.6 Å². The summed E-state index contributed by atoms with van der Waals surface area (Å²) in [6.07, 6.45) is 3.14. The van der Waals surface area contributed by atoms with Gasteiger partial charge in [-0.15, -0.1) is 0 Å². The number of carbonyl (C=O) groups excluding carboxylic acids is 1. The number of methoxy groups -OCH3 is 1. The monoisotopic (exact) mass is 355 g/mol. The Kier molecular flexibility index (Phi) is 3.83. The maximum atomic E-state index is 12.4. The number of aromatic nitrogens is 1. The van der Waals surface area contributed by atoms with Crippen LogP contribution < -0.4 is 0 Å². The molecule has 5 rings (SSSR count). The SMILES string of the molecule is [13CH3]OC(=O)[C@@H]1[C@H]2C[C@H]3c4[nH]c5ccccc5c4CCN3C[C@@H]2CC[C@@H]1O. The zero-order valence-corrected chi connectivity index (χ0v) is 15.1. The van der Waals surface area contributed by atoms with Gasteiger partial charge >= 0.3 is 5.97 Å². The van der Waals surface area contributed by atoms with Crippen molar-refractivity contribution in [2.24, 2.45) is 17.8 Å². The van der Waals surface area contributed by atoms with E-state index in [1.807, 2.05) is 0 Å². The summed E-state index contributed by atoms with van der Waals surface area (Å²) in [5, 5.41) is 11.8. The molecule has 1 saturated heterocycles. The number of piperidine rings is 1. The summed E-state index contributed by atoms with van der Waals surface area (Å²) in [5.74, 6) is 0.0541. The smallest absolute Gasteiger partial charge is 0.311 e. The lowest BCUT2D eigenvalue weighted by Crippen LogP contribution is -2.53. The highest BCUT2D eigenvalue weighted by molar-refractivity contribution is 5.85. The average molecular weight is 355 g/mol. The van der Waals surface area contributed by atoms with Gasteiger partial charge in [0.2, 0.25) is 0 Å². The highest BCUT2D eigenvalue weighted by Crippen LogP contribution is 2.49. The average Bonchev–Trinajstić information content (AvgIpc) is 3.05. The number of rotatable bonds is 1. The molecule has 0 radical (unpaired) electrons. The number of nitrogens with one attached hydrogen (secondary N) is 1. The zero-order valence-electron chi connectivity index (χ0n) is 15.1. The van der Waals surface area contributed by atoms with Gasteiger partial charge in [0.15, 0.2) is 0 Å². The molecule has 2 N–H and O–H groups in total. The second-order valence-electron chi connectivity index (χ2n) is 8.18. The third kappa shape index (κ3) is 2.33. The molecule has 2 aromatic rings. The van der Waals surface area contributed by atoms with E-state index in [9.17, 15) is 9.90 Å². The highest BCUT2D eigenvalue weighted by Gasteiger charge is 2.49. The van der Waals surface area contributed by atoms with Crippen LogP contribution in [0.5, 0.6) is 0 Å². The van der Waals surface area contributed by atoms with Crippen LogP contribution in [0.1, 0.15) is 36.6 Å². The van der Waals surface area contributed by atoms with E-state index in [-0.39, 0.29) is 17.8 Å². The van der Waals surface area contributed by atoms with Gasteiger partial charge < -0.3 is 14.8 Å². The fourth-order valence-corrected chi connectivity index (χ4v) is 5.80. The Morgan fingerprint density at radius 1 is 1.31 bits per heavy atom. The third-order valence-electron chi connectivity index (χ3n) is 7.02. The Labute approximate surface area is 153 Å². The minimum atomic E-state index is -0.568. The molecule has 1 aliphatic carbocycles. The number of nitrogens with zero attached hydrogens (tertiary/aromatic N) is 1. The molecule has 0 spiro atoms. The van der Waals surface area contributed by atoms with Crippen molar-refractivity contribution in [1.29, 1.82) is 0 Å². The van der Waals surface area contributed by atoms with Gasteiger partial charge in [0.25, 0.3) is 0 Å². The van der Waals surface area contributed by atoms with Gasteiger partial charge in [-0.05, 0) is 49.1 Å². The number of benzene rings is 1. The molecule has 26 heavy (non-hydrogen) atoms. The summed E-state index contributed by atoms with van der Waals surface area (Å²) in [7, 11) is 1.43. The molecule has 0 unspecified atom stereocenters. The largest absolute Gasteiger partial charge is 0.469 e. The van der Waals surface area contributed by atoms with Crippen LogP contribution in [-0.4, -0.2) is 47.3 Å². The number of esters is 1. The first-order valence-electron chi connectivity index (χ1n) is 9.76. The second kappa shape index (κ2) is 6.10. The fourth-order valence-electron chi connectivity index (χ4n) is 5.80. The van der Waals surface area contributed by atoms with Gasteiger partial charge in [0.1, 0.15) is 0 Å². The molecule has 1 aromatic heterocycles. The number of aromatic amines is 1. The number of H-pyrrole nitrogens is 1. The Morgan fingerprint density at radius 3 is 3.00 bits per heavy atom. The molecular formula is C21H26N2O3. The first-order valence-corrected chi connectivity index (χ1v) is 9.76. The van der Waals surface area contributed by atoms with Gasteiger partial charge in [-0.2, -0.15) is 0 Å². The summed E-state index contributed by atoms with van der Waals surface area (Å²) >= 11 is 0. The molecule has 3 aliphatic rings. The number of aliphatic hydroxyl groups is 1. The van der Waals surface area contributed by atoms with Crippen molar-refractivity contribution in [3.63, 3.8) is 0 Å². The van der Waals surface area contributed by atoms with E-state index in [2.05, 4.69) is 34.1 Å². The lowest BCUT2D eigenvalue weighted by molar-refractivity contribution is -0.160. The van der Waals surface area contributed by atoms with E-state index in [0.29, 0.717) is 18.4 Å². The number of ether oxygens (including phenoxy) is 1. The maximum absolute atomic E-state index is 12.4. The molecular weight excluding hydrogens is 329 g/mol. The number of aliphatic hydroxyl groups excluding tert-OH is 1. The van der Waals surface area contributed by atoms with Gasteiger partial charge in [0.05, 0.1) is 25.2 Å². The van der Waals surface area contributed by atoms with Crippen molar-refractivity contribution in [3.05, 3.63) is 35.5 Å². The van der Waals surface area contributed by atoms with Crippen LogP contribution in [0, 0.1) is 17.8 Å². The minimum absolute atomic E-state index is 0.199. The van der Waals surface area contributed by atoms with E-state index in [1.165, 1.54) is 29.3 Å². The predicted molar refractivity (Wildman–Crippen MR) is 98.7 cm³/mol. The van der Waals surface area contributed by atoms with Crippen LogP contribution in [-0.2, 0) is 16.0 Å². The summed E-state index contributed by atoms with van der Waals surface area (Å²) in [6.45, 7) is 2.10. The zero-order chi connectivity index (χ0) is 17.8. The van der Waals surface area contributed by atoms with E-state index in [4.69, 9.17) is 4.74 Å². The lowest BCUT2D eigenvalue weighted by atomic mass is 9.65. The number of hydrogen-bond donors (Lipinski definition) is 2. The standard InChI is InChI=1S/C21H26N2O3/c1-26-21(25)19-15-10-17-20-14(13-4-2-3-5-16(13)22-20)8-9-23(17)11-12(15)6-7-18(19)24/h2-5,12,15,17-19,22,24H,6-11H2,1H3/t12-,15-,17-,18-,19+/m0/s1/i1+1. The third-order valence-corrected chi connectivity index (χ3v) is 7.02. The van der Waals surface area contributed by atoms with Gasteiger partial charge in [0, 0.05) is 29.7 Å². The Morgan fingerprint density at radius 2 is 2.15 bits per heavy atom. The Bertz CT molecular complexity index is 845. The molecule has 1 aromatic carbocycles. The van der Waals surface area contributed by atoms with Gasteiger partial charge in [-0.3, -0.25) is 9.69 Å². The molecule has 3 heterocycles. The molecule has 0 amide bonds. The number of hydrogen-bond acceptors (Lipinski definition) is 4. The van der Waals surface area contributed by atoms with Gasteiger partial charge in [-0.25, -0.2) is 0 Å². The van der Waals surface area contributed by atoms with E-state index in [1.54, 1.807) is 0 Å². The lowest BCUT2D eigenvalue weighted by Gasteiger charge is -2.50. The van der Waals surface area contributed by atoms with E-state index >= 15 is 0 Å². The highest BCUT2D eigenvalue weighted by atomic mass is 16.6. The molecule has 5 atom stereocenters. The van der Waals surface area contributed by atoms with Crippen LogP contribution in [0.2, 0.25) is 0 Å². The van der Waals surface area contributed by atoms with Crippen molar-refractivity contribution < 1.29 is 14.6 Å². The summed E-state index contributed by atoms with van der Waals surface area (Å²) in [4.78, 5) is 18.6. The first kappa shape index (κ1) is 16.3. The Balaban J connectivity index is 1.52. The predicted octanol–water partition coefficient (Wildman–Crippen LogP) is 2.65. The van der Waals surface area contributed by atoms with E-state index < -0.39 is 6.10 Å². The molecule has 5 heteroatoms. The molecule has 0 bridgehead atoms. The molecule has 2 fully saturated rings. The van der Waals surface area contributed by atoms with Crippen LogP contribution >= 0.6 is 0 Å². The van der Waals surface area contributed by atoms with Gasteiger partial charge in [-0.1, -0.05) is 18.2 Å². The van der Waals surface area contributed by atoms with Crippen molar-refractivity contribution in [2.75, 3.05) is 20.2 Å². The van der Waals surface area contributed by atoms with Crippen LogP contribution in [0.3, 0.4) is 0 Å². The van der Waals surface area contributed by atoms with Crippen LogP contribution in [0.15, 0.2) is 24.3 Å². The molecule has 5 nitrogen and oxygen atoms in total. The second-order valence-corrected chi connectivity index (χ2v) is 8.18. The summed E-state index contributed by atoms with van der Waals surface area (Å²) in [5.41, 5.74) is 3.96. The summed E-state index contributed by atoms with van der Waals surface area (Å²) < 4.78 is 5.04. The maximum Gasteiger partial charge on any atom is 0.311 e. The van der Waals surface area contributed by atoms with Crippen molar-refractivity contribution in [2.45, 2.75) is 37.8 Å². The number of fused-ring (bicyclic) bond motifs is 6. The molecule has 2 aliphatic heterocycles. The quantitative estimate of drug-likeness (QED) is 0.610. The minimum Gasteiger partial charge on any atom is -0.469 e. The Hall–Kier alpha value is -1.85. The van der Waals surface area contributed by atoms with Crippen LogP contribution in [0.25, 0.3) is 10.9 Å². The molecule has 1 saturated carbocycles. The van der Waals surface area contributed by atoms with E-state index in [0.717, 1.165) is 32.4 Å². The summed E-state index contributed by atoms with van der Waals surface area (Å²) in [6, 6.07) is 8.83. The number of carbonyl (C=O) groups is 1. The first-order chi connectivity index (χ1) is 12.7. The number of para-hydroxylation sites is 1. The molecule has 138 valence electrons. The van der Waals surface area contributed by atoms with Crippen molar-refractivity contribution in [1.82, 2.24) is 9.88 Å². The normalized spacial score (nSPS) is 34.0.